The third-order valence-corrected chi connectivity index (χ3v) is 3.52. The number of halogens is 2. The molecule has 0 radical (unpaired) electrons. The maximum absolute atomic E-state index is 13.0. The van der Waals surface area contributed by atoms with E-state index in [-0.39, 0.29) is 37.6 Å². The van der Waals surface area contributed by atoms with Gasteiger partial charge in [-0.15, -0.1) is 12.4 Å². The number of rotatable bonds is 4. The van der Waals surface area contributed by atoms with Gasteiger partial charge in [0.25, 0.3) is 0 Å². The van der Waals surface area contributed by atoms with Crippen LogP contribution < -0.4 is 20.1 Å². The zero-order valence-electron chi connectivity index (χ0n) is 11.4. The van der Waals surface area contributed by atoms with Crippen LogP contribution in [-0.4, -0.2) is 38.0 Å². The highest BCUT2D eigenvalue weighted by molar-refractivity contribution is 5.85. The van der Waals surface area contributed by atoms with E-state index in [9.17, 15) is 9.18 Å². The molecule has 21 heavy (non-hydrogen) atoms. The number of alkyl halides is 1. The van der Waals surface area contributed by atoms with E-state index >= 15 is 0 Å². The van der Waals surface area contributed by atoms with Crippen molar-refractivity contribution in [2.45, 2.75) is 25.1 Å². The first-order valence-electron chi connectivity index (χ1n) is 6.73. The molecule has 0 aromatic heterocycles. The van der Waals surface area contributed by atoms with Crippen molar-refractivity contribution in [3.8, 4) is 11.5 Å². The second kappa shape index (κ2) is 6.95. The van der Waals surface area contributed by atoms with Crippen LogP contribution in [-0.2, 0) is 11.2 Å². The molecule has 1 amide bonds. The van der Waals surface area contributed by atoms with Crippen LogP contribution >= 0.6 is 12.4 Å². The number of carbonyl (C=O) groups is 1. The van der Waals surface area contributed by atoms with Gasteiger partial charge in [-0.05, 0) is 24.1 Å². The van der Waals surface area contributed by atoms with Crippen molar-refractivity contribution in [2.24, 2.45) is 0 Å². The lowest BCUT2D eigenvalue weighted by Gasteiger charge is -2.11. The van der Waals surface area contributed by atoms with Crippen LogP contribution in [0.25, 0.3) is 0 Å². The molecule has 2 aliphatic heterocycles. The average molecular weight is 317 g/mol. The van der Waals surface area contributed by atoms with Crippen molar-refractivity contribution in [3.63, 3.8) is 0 Å². The van der Waals surface area contributed by atoms with Crippen molar-refractivity contribution in [1.82, 2.24) is 10.6 Å². The first-order chi connectivity index (χ1) is 9.70. The topological polar surface area (TPSA) is 59.6 Å². The minimum Gasteiger partial charge on any atom is -0.454 e. The lowest BCUT2D eigenvalue weighted by atomic mass is 10.1. The number of hydrogen-bond acceptors (Lipinski definition) is 4. The molecule has 7 heteroatoms. The number of benzene rings is 1. The van der Waals surface area contributed by atoms with Crippen LogP contribution in [0.2, 0.25) is 0 Å². The van der Waals surface area contributed by atoms with E-state index in [4.69, 9.17) is 9.47 Å². The number of fused-ring (bicyclic) bond motifs is 1. The van der Waals surface area contributed by atoms with Gasteiger partial charge in [0.2, 0.25) is 12.7 Å². The quantitative estimate of drug-likeness (QED) is 0.876. The Labute approximate surface area is 128 Å². The molecule has 5 nitrogen and oxygen atoms in total. The summed E-state index contributed by atoms with van der Waals surface area (Å²) in [7, 11) is 0. The highest BCUT2D eigenvalue weighted by Crippen LogP contribution is 2.32. The molecule has 2 heterocycles. The van der Waals surface area contributed by atoms with Crippen molar-refractivity contribution in [2.75, 3.05) is 19.9 Å². The first kappa shape index (κ1) is 15.9. The number of carbonyl (C=O) groups excluding carboxylic acids is 1. The Kier molecular flexibility index (Phi) is 5.25. The number of nitrogens with one attached hydrogen (secondary N) is 2. The molecule has 1 fully saturated rings. The molecule has 2 atom stereocenters. The van der Waals surface area contributed by atoms with Gasteiger partial charge in [-0.3, -0.25) is 4.79 Å². The molecule has 2 aliphatic rings. The zero-order chi connectivity index (χ0) is 13.9. The van der Waals surface area contributed by atoms with E-state index in [2.05, 4.69) is 10.6 Å². The fourth-order valence-electron chi connectivity index (χ4n) is 2.46. The molecular weight excluding hydrogens is 299 g/mol. The minimum absolute atomic E-state index is 0. The number of hydrogen-bond donors (Lipinski definition) is 2. The Morgan fingerprint density at radius 1 is 1.38 bits per heavy atom. The molecule has 1 aromatic carbocycles. The fourth-order valence-corrected chi connectivity index (χ4v) is 2.46. The monoisotopic (exact) mass is 316 g/mol. The van der Waals surface area contributed by atoms with E-state index < -0.39 is 6.17 Å². The Hall–Kier alpha value is -1.53. The molecule has 0 spiro atoms. The summed E-state index contributed by atoms with van der Waals surface area (Å²) in [6.45, 7) is 1.06. The highest BCUT2D eigenvalue weighted by atomic mass is 35.5. The SMILES string of the molecule is Cl.O=C(Cc1ccc2c(c1)OCO2)NC[C@@H]1C[C@H](F)CN1. The van der Waals surface area contributed by atoms with Crippen molar-refractivity contribution in [3.05, 3.63) is 23.8 Å². The standard InChI is InChI=1S/C14H17FN2O3.ClH/c15-10-5-11(16-6-10)7-17-14(18)4-9-1-2-12-13(3-9)20-8-19-12;/h1-3,10-11,16H,4-8H2,(H,17,18);1H/t10-,11-;/m0./s1. The van der Waals surface area contributed by atoms with Gasteiger partial charge in [-0.2, -0.15) is 0 Å². The van der Waals surface area contributed by atoms with E-state index in [1.165, 1.54) is 0 Å². The van der Waals surface area contributed by atoms with Gasteiger partial charge in [0.15, 0.2) is 11.5 Å². The largest absolute Gasteiger partial charge is 0.454 e. The normalized spacial score (nSPS) is 22.7. The average Bonchev–Trinajstić information content (AvgIpc) is 3.04. The van der Waals surface area contributed by atoms with Crippen LogP contribution in [0.15, 0.2) is 18.2 Å². The Bertz CT molecular complexity index is 515. The maximum atomic E-state index is 13.0. The van der Waals surface area contributed by atoms with Crippen LogP contribution in [0.3, 0.4) is 0 Å². The van der Waals surface area contributed by atoms with Gasteiger partial charge in [0, 0.05) is 19.1 Å². The smallest absolute Gasteiger partial charge is 0.231 e. The second-order valence-electron chi connectivity index (χ2n) is 5.11. The van der Waals surface area contributed by atoms with Gasteiger partial charge in [-0.1, -0.05) is 6.07 Å². The Morgan fingerprint density at radius 2 is 2.19 bits per heavy atom. The predicted octanol–water partition coefficient (Wildman–Crippen LogP) is 1.20. The summed E-state index contributed by atoms with van der Waals surface area (Å²) in [6.07, 6.45) is -0.0574. The first-order valence-corrected chi connectivity index (χ1v) is 6.73. The molecule has 1 aromatic rings. The van der Waals surface area contributed by atoms with Crippen molar-refractivity contribution >= 4 is 18.3 Å². The van der Waals surface area contributed by atoms with Gasteiger partial charge >= 0.3 is 0 Å². The molecular formula is C14H18ClFN2O3. The summed E-state index contributed by atoms with van der Waals surface area (Å²) in [4.78, 5) is 11.8. The molecule has 116 valence electrons. The lowest BCUT2D eigenvalue weighted by molar-refractivity contribution is -0.120. The van der Waals surface area contributed by atoms with Gasteiger partial charge in [0.1, 0.15) is 6.17 Å². The molecule has 0 saturated carbocycles. The van der Waals surface area contributed by atoms with Crippen molar-refractivity contribution < 1.29 is 18.7 Å². The summed E-state index contributed by atoms with van der Waals surface area (Å²) in [5.74, 6) is 1.30. The number of ether oxygens (including phenoxy) is 2. The van der Waals surface area contributed by atoms with Gasteiger partial charge in [-0.25, -0.2) is 4.39 Å². The van der Waals surface area contributed by atoms with Crippen LogP contribution in [0.1, 0.15) is 12.0 Å². The Balaban J connectivity index is 0.00000161. The van der Waals surface area contributed by atoms with Gasteiger partial charge in [0.05, 0.1) is 6.42 Å². The third kappa shape index (κ3) is 3.98. The second-order valence-corrected chi connectivity index (χ2v) is 5.11. The third-order valence-electron chi connectivity index (χ3n) is 3.52. The zero-order valence-corrected chi connectivity index (χ0v) is 12.2. The van der Waals surface area contributed by atoms with Crippen LogP contribution in [0.4, 0.5) is 4.39 Å². The number of amides is 1. The molecule has 0 aliphatic carbocycles. The highest BCUT2D eigenvalue weighted by Gasteiger charge is 2.23. The fraction of sp³-hybridized carbons (Fsp3) is 0.500. The minimum atomic E-state index is -0.800. The Morgan fingerprint density at radius 3 is 2.95 bits per heavy atom. The molecule has 2 N–H and O–H groups in total. The van der Waals surface area contributed by atoms with Crippen molar-refractivity contribution in [1.29, 1.82) is 0 Å². The lowest BCUT2D eigenvalue weighted by Crippen LogP contribution is -2.37. The summed E-state index contributed by atoms with van der Waals surface area (Å²) < 4.78 is 23.5. The molecule has 0 bridgehead atoms. The van der Waals surface area contributed by atoms with E-state index in [0.717, 1.165) is 5.56 Å². The van der Waals surface area contributed by atoms with E-state index in [1.807, 2.05) is 12.1 Å². The van der Waals surface area contributed by atoms with Gasteiger partial charge < -0.3 is 20.1 Å². The molecule has 3 rings (SSSR count). The van der Waals surface area contributed by atoms with E-state index in [0.29, 0.717) is 31.0 Å². The summed E-state index contributed by atoms with van der Waals surface area (Å²) in [6, 6.07) is 5.49. The summed E-state index contributed by atoms with van der Waals surface area (Å²) >= 11 is 0. The summed E-state index contributed by atoms with van der Waals surface area (Å²) in [5, 5.41) is 5.85. The van der Waals surface area contributed by atoms with Crippen LogP contribution in [0.5, 0.6) is 11.5 Å². The maximum Gasteiger partial charge on any atom is 0.231 e. The van der Waals surface area contributed by atoms with Crippen LogP contribution in [0, 0.1) is 0 Å². The molecule has 0 unspecified atom stereocenters. The summed E-state index contributed by atoms with van der Waals surface area (Å²) in [5.41, 5.74) is 0.870. The van der Waals surface area contributed by atoms with E-state index in [1.54, 1.807) is 6.07 Å². The molecule has 1 saturated heterocycles. The predicted molar refractivity (Wildman–Crippen MR) is 77.8 cm³/mol.